The molecule has 0 saturated heterocycles. The lowest BCUT2D eigenvalue weighted by Gasteiger charge is -2.33. The van der Waals surface area contributed by atoms with Gasteiger partial charge in [0.25, 0.3) is 0 Å². The summed E-state index contributed by atoms with van der Waals surface area (Å²) in [6.07, 6.45) is 4.36. The average Bonchev–Trinajstić information content (AvgIpc) is 2.40. The molecule has 3 rings (SSSR count). The van der Waals surface area contributed by atoms with Crippen LogP contribution in [0.15, 0.2) is 24.7 Å². The van der Waals surface area contributed by atoms with E-state index in [1.165, 1.54) is 5.56 Å². The molecular weight excluding hydrogens is 238 g/mol. The van der Waals surface area contributed by atoms with Crippen molar-refractivity contribution in [3.63, 3.8) is 0 Å². The van der Waals surface area contributed by atoms with Crippen LogP contribution in [0.5, 0.6) is 5.75 Å². The van der Waals surface area contributed by atoms with Gasteiger partial charge in [-0.05, 0) is 29.5 Å². The first kappa shape index (κ1) is 12.0. The molecular formula is C15H17N3O. The van der Waals surface area contributed by atoms with Crippen molar-refractivity contribution in [3.05, 3.63) is 35.8 Å². The van der Waals surface area contributed by atoms with Gasteiger partial charge in [0.15, 0.2) is 0 Å². The fraction of sp³-hybridized carbons (Fsp3) is 0.333. The minimum atomic E-state index is -0.0237. The third-order valence-electron chi connectivity index (χ3n) is 3.85. The summed E-state index contributed by atoms with van der Waals surface area (Å²) in [5, 5.41) is 0. The molecule has 4 nitrogen and oxygen atoms in total. The highest BCUT2D eigenvalue weighted by Gasteiger charge is 2.33. The molecule has 4 heteroatoms. The molecule has 0 atom stereocenters. The summed E-state index contributed by atoms with van der Waals surface area (Å²) in [6, 6.07) is 3.93. The van der Waals surface area contributed by atoms with Crippen LogP contribution in [0.2, 0.25) is 0 Å². The van der Waals surface area contributed by atoms with Crippen LogP contribution in [0.1, 0.15) is 25.0 Å². The molecule has 0 radical (unpaired) electrons. The number of ether oxygens (including phenoxy) is 1. The van der Waals surface area contributed by atoms with E-state index < -0.39 is 0 Å². The van der Waals surface area contributed by atoms with E-state index in [1.54, 1.807) is 13.4 Å². The topological polar surface area (TPSA) is 61.0 Å². The van der Waals surface area contributed by atoms with Crippen molar-refractivity contribution < 1.29 is 4.74 Å². The second kappa shape index (κ2) is 3.95. The number of nitrogen functional groups attached to an aromatic ring is 1. The van der Waals surface area contributed by atoms with Crippen molar-refractivity contribution in [1.29, 1.82) is 0 Å². The lowest BCUT2D eigenvalue weighted by molar-refractivity contribution is 0.415. The van der Waals surface area contributed by atoms with Crippen molar-refractivity contribution in [2.45, 2.75) is 25.7 Å². The molecule has 0 fully saturated rings. The number of methoxy groups -OCH3 is 1. The zero-order chi connectivity index (χ0) is 13.6. The van der Waals surface area contributed by atoms with Crippen LogP contribution in [0, 0.1) is 0 Å². The third kappa shape index (κ3) is 1.67. The monoisotopic (exact) mass is 255 g/mol. The van der Waals surface area contributed by atoms with E-state index >= 15 is 0 Å². The van der Waals surface area contributed by atoms with E-state index in [0.717, 1.165) is 34.7 Å². The number of benzene rings is 1. The summed E-state index contributed by atoms with van der Waals surface area (Å²) in [5.41, 5.74) is 11.3. The van der Waals surface area contributed by atoms with Crippen molar-refractivity contribution in [3.8, 4) is 17.0 Å². The molecule has 1 aliphatic carbocycles. The van der Waals surface area contributed by atoms with E-state index in [-0.39, 0.29) is 5.41 Å². The molecule has 1 heterocycles. The Balaban J connectivity index is 2.31. The largest absolute Gasteiger partial charge is 0.495 e. The highest BCUT2D eigenvalue weighted by atomic mass is 16.5. The summed E-state index contributed by atoms with van der Waals surface area (Å²) in [7, 11) is 1.64. The van der Waals surface area contributed by atoms with Crippen LogP contribution < -0.4 is 10.5 Å². The number of nitrogens with zero attached hydrogens (tertiary/aromatic N) is 2. The Kier molecular flexibility index (Phi) is 2.49. The molecule has 0 spiro atoms. The summed E-state index contributed by atoms with van der Waals surface area (Å²) >= 11 is 0. The molecule has 0 unspecified atom stereocenters. The van der Waals surface area contributed by atoms with Gasteiger partial charge in [-0.3, -0.25) is 0 Å². The normalized spacial score (nSPS) is 15.5. The smallest absolute Gasteiger partial charge is 0.142 e. The van der Waals surface area contributed by atoms with Crippen LogP contribution in [0.3, 0.4) is 0 Å². The fourth-order valence-electron chi connectivity index (χ4n) is 2.81. The molecule has 19 heavy (non-hydrogen) atoms. The van der Waals surface area contributed by atoms with Crippen molar-refractivity contribution in [2.75, 3.05) is 12.8 Å². The number of anilines is 1. The van der Waals surface area contributed by atoms with Gasteiger partial charge in [0.05, 0.1) is 18.5 Å². The lowest BCUT2D eigenvalue weighted by Crippen LogP contribution is -2.27. The Morgan fingerprint density at radius 1 is 1.32 bits per heavy atom. The minimum Gasteiger partial charge on any atom is -0.495 e. The SMILES string of the molecule is COc1ccc2c(c1N)CC(C)(C)c1cncnc1-2. The zero-order valence-corrected chi connectivity index (χ0v) is 11.4. The number of nitrogens with two attached hydrogens (primary N) is 1. The van der Waals surface area contributed by atoms with Crippen LogP contribution in [-0.2, 0) is 11.8 Å². The Bertz CT molecular complexity index is 650. The zero-order valence-electron chi connectivity index (χ0n) is 11.4. The van der Waals surface area contributed by atoms with E-state index in [4.69, 9.17) is 10.5 Å². The molecule has 1 aromatic carbocycles. The molecule has 1 aromatic heterocycles. The predicted molar refractivity (Wildman–Crippen MR) is 75.2 cm³/mol. The van der Waals surface area contributed by atoms with Crippen LogP contribution in [0.4, 0.5) is 5.69 Å². The molecule has 1 aliphatic rings. The maximum atomic E-state index is 6.22. The highest BCUT2D eigenvalue weighted by molar-refractivity contribution is 5.79. The van der Waals surface area contributed by atoms with Gasteiger partial charge in [-0.1, -0.05) is 13.8 Å². The van der Waals surface area contributed by atoms with Gasteiger partial charge in [0.1, 0.15) is 12.1 Å². The van der Waals surface area contributed by atoms with E-state index in [0.29, 0.717) is 0 Å². The van der Waals surface area contributed by atoms with Gasteiger partial charge in [-0.2, -0.15) is 0 Å². The molecule has 2 N–H and O–H groups in total. The maximum Gasteiger partial charge on any atom is 0.142 e. The molecule has 0 amide bonds. The standard InChI is InChI=1S/C15H17N3O/c1-15(2)6-10-9(4-5-12(19-3)13(10)16)14-11(15)7-17-8-18-14/h4-5,7-8H,6,16H2,1-3H3. The van der Waals surface area contributed by atoms with Gasteiger partial charge in [-0.15, -0.1) is 0 Å². The number of hydrogen-bond donors (Lipinski definition) is 1. The van der Waals surface area contributed by atoms with Crippen LogP contribution >= 0.6 is 0 Å². The summed E-state index contributed by atoms with van der Waals surface area (Å²) < 4.78 is 5.31. The van der Waals surface area contributed by atoms with Crippen molar-refractivity contribution in [1.82, 2.24) is 9.97 Å². The first-order valence-electron chi connectivity index (χ1n) is 6.31. The van der Waals surface area contributed by atoms with Crippen LogP contribution in [-0.4, -0.2) is 17.1 Å². The lowest BCUT2D eigenvalue weighted by atomic mass is 9.72. The predicted octanol–water partition coefficient (Wildman–Crippen LogP) is 2.57. The average molecular weight is 255 g/mol. The molecule has 0 aliphatic heterocycles. The molecule has 2 aromatic rings. The third-order valence-corrected chi connectivity index (χ3v) is 3.85. The number of rotatable bonds is 1. The summed E-state index contributed by atoms with van der Waals surface area (Å²) in [6.45, 7) is 4.38. The van der Waals surface area contributed by atoms with E-state index in [1.807, 2.05) is 18.3 Å². The Morgan fingerprint density at radius 2 is 2.11 bits per heavy atom. The van der Waals surface area contributed by atoms with Crippen LogP contribution in [0.25, 0.3) is 11.3 Å². The van der Waals surface area contributed by atoms with Crippen molar-refractivity contribution in [2.24, 2.45) is 0 Å². The minimum absolute atomic E-state index is 0.0237. The van der Waals surface area contributed by atoms with Gasteiger partial charge in [0.2, 0.25) is 0 Å². The first-order chi connectivity index (χ1) is 9.04. The Labute approximate surface area is 112 Å². The second-order valence-corrected chi connectivity index (χ2v) is 5.55. The van der Waals surface area contributed by atoms with Gasteiger partial charge < -0.3 is 10.5 Å². The quantitative estimate of drug-likeness (QED) is 0.795. The number of fused-ring (bicyclic) bond motifs is 3. The fourth-order valence-corrected chi connectivity index (χ4v) is 2.81. The van der Waals surface area contributed by atoms with Gasteiger partial charge in [0, 0.05) is 17.3 Å². The number of hydrogen-bond acceptors (Lipinski definition) is 4. The Hall–Kier alpha value is -2.10. The molecule has 98 valence electrons. The summed E-state index contributed by atoms with van der Waals surface area (Å²) in [5.74, 6) is 0.729. The number of aromatic nitrogens is 2. The van der Waals surface area contributed by atoms with Gasteiger partial charge >= 0.3 is 0 Å². The highest BCUT2D eigenvalue weighted by Crippen LogP contribution is 2.45. The Morgan fingerprint density at radius 3 is 2.84 bits per heavy atom. The molecule has 0 saturated carbocycles. The second-order valence-electron chi connectivity index (χ2n) is 5.55. The summed E-state index contributed by atoms with van der Waals surface area (Å²) in [4.78, 5) is 8.60. The molecule has 0 bridgehead atoms. The first-order valence-corrected chi connectivity index (χ1v) is 6.31. The van der Waals surface area contributed by atoms with E-state index in [2.05, 4.69) is 23.8 Å². The maximum absolute atomic E-state index is 6.22. The van der Waals surface area contributed by atoms with Gasteiger partial charge in [-0.25, -0.2) is 9.97 Å². The van der Waals surface area contributed by atoms with Crippen molar-refractivity contribution >= 4 is 5.69 Å². The van der Waals surface area contributed by atoms with E-state index in [9.17, 15) is 0 Å².